The van der Waals surface area contributed by atoms with E-state index in [1.165, 1.54) is 0 Å². The maximum atomic E-state index is 12.9. The van der Waals surface area contributed by atoms with Gasteiger partial charge in [-0.2, -0.15) is 0 Å². The van der Waals surface area contributed by atoms with Crippen LogP contribution < -0.4 is 0 Å². The fourth-order valence-corrected chi connectivity index (χ4v) is 7.61. The molecule has 7 unspecified atom stereocenters. The first-order chi connectivity index (χ1) is 13.6. The van der Waals surface area contributed by atoms with Crippen LogP contribution in [0.5, 0.6) is 0 Å². The zero-order valence-electron chi connectivity index (χ0n) is 17.3. The Balaban J connectivity index is 1.65. The average molecular weight is 403 g/mol. The molecule has 4 aliphatic carbocycles. The molecule has 158 valence electrons. The van der Waals surface area contributed by atoms with Crippen molar-refractivity contribution < 1.29 is 29.3 Å². The number of carbonyl (C=O) groups excluding carboxylic acids is 3. The molecule has 4 aliphatic rings. The Morgan fingerprint density at radius 1 is 1.34 bits per heavy atom. The number of Topliss-reactive ketones (excluding diaryl/α,β-unsaturated/α-hetero) is 1. The summed E-state index contributed by atoms with van der Waals surface area (Å²) in [4.78, 5) is 35.7. The molecule has 3 N–H and O–H groups in total. The maximum absolute atomic E-state index is 12.9. The molecule has 29 heavy (non-hydrogen) atoms. The van der Waals surface area contributed by atoms with Gasteiger partial charge in [0.05, 0.1) is 6.10 Å². The van der Waals surface area contributed by atoms with Crippen LogP contribution in [0.25, 0.3) is 0 Å². The third-order valence-corrected chi connectivity index (χ3v) is 8.53. The van der Waals surface area contributed by atoms with Crippen LogP contribution in [-0.2, 0) is 14.3 Å². The molecule has 0 aromatic heterocycles. The summed E-state index contributed by atoms with van der Waals surface area (Å²) in [6.45, 7) is 5.96. The molecule has 8 atom stereocenters. The predicted octanol–water partition coefficient (Wildman–Crippen LogP) is 2.56. The molecule has 0 radical (unpaired) electrons. The molecule has 4 rings (SSSR count). The minimum absolute atomic E-state index is 0.0233. The van der Waals surface area contributed by atoms with Gasteiger partial charge in [-0.05, 0) is 61.0 Å². The number of rotatable bonds is 3. The normalized spacial score (nSPS) is 45.7. The first kappa shape index (κ1) is 20.3. The van der Waals surface area contributed by atoms with Crippen molar-refractivity contribution in [1.82, 2.24) is 0 Å². The molecule has 3 saturated carbocycles. The minimum atomic E-state index is -1.19. The second kappa shape index (κ2) is 6.79. The molecule has 0 spiro atoms. The number of hydrogen-bond acceptors (Lipinski definition) is 5. The highest BCUT2D eigenvalue weighted by Crippen LogP contribution is 2.67. The van der Waals surface area contributed by atoms with Gasteiger partial charge in [0.25, 0.3) is 0 Å². The number of allylic oxidation sites excluding steroid dienone is 4. The number of ether oxygens (including phenoxy) is 1. The fourth-order valence-electron chi connectivity index (χ4n) is 7.61. The van der Waals surface area contributed by atoms with Gasteiger partial charge < -0.3 is 14.9 Å². The van der Waals surface area contributed by atoms with E-state index in [1.807, 2.05) is 6.08 Å². The molecule has 0 aromatic rings. The summed E-state index contributed by atoms with van der Waals surface area (Å²) in [5, 5.41) is 18.2. The monoisotopic (exact) mass is 403 g/mol. The van der Waals surface area contributed by atoms with Gasteiger partial charge in [0.1, 0.15) is 0 Å². The van der Waals surface area contributed by atoms with E-state index in [4.69, 9.17) is 5.11 Å². The summed E-state index contributed by atoms with van der Waals surface area (Å²) in [6, 6.07) is 0. The molecule has 0 aliphatic heterocycles. The van der Waals surface area contributed by atoms with Crippen LogP contribution in [0.1, 0.15) is 46.5 Å². The Labute approximate surface area is 171 Å². The zero-order valence-corrected chi connectivity index (χ0v) is 17.3. The molecule has 0 aromatic carbocycles. The van der Waals surface area contributed by atoms with Crippen molar-refractivity contribution >= 4 is 17.7 Å². The van der Waals surface area contributed by atoms with Crippen LogP contribution in [0.3, 0.4) is 0 Å². The van der Waals surface area contributed by atoms with Crippen LogP contribution in [-0.4, -0.2) is 40.6 Å². The van der Waals surface area contributed by atoms with E-state index in [2.05, 4.69) is 25.5 Å². The molecular weight excluding hydrogens is 372 g/mol. The van der Waals surface area contributed by atoms with E-state index in [1.54, 1.807) is 12.2 Å². The van der Waals surface area contributed by atoms with E-state index < -0.39 is 12.3 Å². The third-order valence-electron chi connectivity index (χ3n) is 8.53. The van der Waals surface area contributed by atoms with E-state index in [0.29, 0.717) is 12.3 Å². The lowest BCUT2D eigenvalue weighted by atomic mass is 9.46. The largest absolute Gasteiger partial charge is 0.725 e. The minimum Gasteiger partial charge on any atom is -0.535 e. The highest BCUT2D eigenvalue weighted by molar-refractivity contribution is 6.01. The van der Waals surface area contributed by atoms with Crippen molar-refractivity contribution in [3.63, 3.8) is 0 Å². The number of carbonyl (C=O) groups is 3. The molecule has 0 saturated heterocycles. The maximum Gasteiger partial charge on any atom is 0.725 e. The van der Waals surface area contributed by atoms with Crippen molar-refractivity contribution in [3.8, 4) is 0 Å². The lowest BCUT2D eigenvalue weighted by molar-refractivity contribution is -0.143. The molecule has 3 fully saturated rings. The topological polar surface area (TPSA) is 104 Å². The Bertz CT molecular complexity index is 812. The van der Waals surface area contributed by atoms with Gasteiger partial charge in [-0.25, -0.2) is 0 Å². The standard InChI is InChI=1S/C23H30O6/c1-12-8-16-15-5-4-13-9-14(24)6-7-22(13,2)20(15)17(25)10-23(16,3)19(12)18(26)11-29-21(27)28/h6-7,9,12,15-17,19-20,25H,4-5,8,10-11H2,1-3H3,(H,27,28)/p+1/t12-,15?,16?,17?,19?,20?,22?,23?/m1/s1. The SMILES string of the molecule is C[C@@H]1CC2C3CCC4=CC(=O)C=CC4(C)C3C(O)CC2(C)C1C(=O)COC(=O)[OH2+]. The van der Waals surface area contributed by atoms with Gasteiger partial charge >= 0.3 is 6.16 Å². The summed E-state index contributed by atoms with van der Waals surface area (Å²) < 4.78 is 4.69. The summed E-state index contributed by atoms with van der Waals surface area (Å²) >= 11 is 0. The molecule has 0 amide bonds. The van der Waals surface area contributed by atoms with Gasteiger partial charge in [-0.1, -0.05) is 32.4 Å². The van der Waals surface area contributed by atoms with Crippen LogP contribution in [0.4, 0.5) is 4.79 Å². The van der Waals surface area contributed by atoms with Crippen molar-refractivity contribution in [3.05, 3.63) is 23.8 Å². The zero-order chi connectivity index (χ0) is 21.1. The van der Waals surface area contributed by atoms with Gasteiger partial charge in [-0.15, -0.1) is 0 Å². The lowest BCUT2D eigenvalue weighted by Gasteiger charge is -2.58. The summed E-state index contributed by atoms with van der Waals surface area (Å²) in [5.74, 6) is 0.363. The number of hydrogen-bond donors (Lipinski definition) is 1. The van der Waals surface area contributed by atoms with Crippen LogP contribution in [0.15, 0.2) is 23.8 Å². The van der Waals surface area contributed by atoms with Crippen molar-refractivity contribution in [2.24, 2.45) is 40.4 Å². The summed E-state index contributed by atoms with van der Waals surface area (Å²) in [7, 11) is 0. The van der Waals surface area contributed by atoms with Gasteiger partial charge in [0, 0.05) is 22.0 Å². The van der Waals surface area contributed by atoms with E-state index >= 15 is 0 Å². The quantitative estimate of drug-likeness (QED) is 0.576. The van der Waals surface area contributed by atoms with Crippen molar-refractivity contribution in [2.45, 2.75) is 52.6 Å². The van der Waals surface area contributed by atoms with Crippen LogP contribution >= 0.6 is 0 Å². The first-order valence-electron chi connectivity index (χ1n) is 10.6. The second-order valence-electron chi connectivity index (χ2n) is 10.0. The number of aliphatic hydroxyl groups excluding tert-OH is 1. The molecule has 0 bridgehead atoms. The Morgan fingerprint density at radius 2 is 2.07 bits per heavy atom. The van der Waals surface area contributed by atoms with Crippen LogP contribution in [0.2, 0.25) is 0 Å². The molecule has 6 heteroatoms. The number of aliphatic hydroxyl groups is 1. The molecule has 6 nitrogen and oxygen atoms in total. The smallest absolute Gasteiger partial charge is 0.535 e. The summed E-state index contributed by atoms with van der Waals surface area (Å²) in [5.41, 5.74) is 0.455. The Kier molecular flexibility index (Phi) is 4.76. The number of ketones is 2. The van der Waals surface area contributed by atoms with E-state index in [9.17, 15) is 19.5 Å². The van der Waals surface area contributed by atoms with Gasteiger partial charge in [0.2, 0.25) is 6.61 Å². The van der Waals surface area contributed by atoms with E-state index in [-0.39, 0.29) is 52.7 Å². The second-order valence-corrected chi connectivity index (χ2v) is 10.0. The number of fused-ring (bicyclic) bond motifs is 5. The summed E-state index contributed by atoms with van der Waals surface area (Å²) in [6.07, 6.45) is 6.81. The fraction of sp³-hybridized carbons (Fsp3) is 0.696. The van der Waals surface area contributed by atoms with E-state index in [0.717, 1.165) is 24.8 Å². The molecule has 0 heterocycles. The average Bonchev–Trinajstić information content (AvgIpc) is 2.89. The predicted molar refractivity (Wildman–Crippen MR) is 106 cm³/mol. The van der Waals surface area contributed by atoms with Gasteiger partial charge in [-0.3, -0.25) is 9.59 Å². The third kappa shape index (κ3) is 2.98. The highest BCUT2D eigenvalue weighted by atomic mass is 16.7. The highest BCUT2D eigenvalue weighted by Gasteiger charge is 2.64. The Morgan fingerprint density at radius 3 is 2.76 bits per heavy atom. The van der Waals surface area contributed by atoms with Crippen molar-refractivity contribution in [1.29, 1.82) is 0 Å². The van der Waals surface area contributed by atoms with Gasteiger partial charge in [0.15, 0.2) is 11.6 Å². The van der Waals surface area contributed by atoms with Crippen LogP contribution in [0, 0.1) is 40.4 Å². The van der Waals surface area contributed by atoms with Crippen molar-refractivity contribution in [2.75, 3.05) is 6.61 Å². The lowest BCUT2D eigenvalue weighted by Crippen LogP contribution is -2.56. The first-order valence-corrected chi connectivity index (χ1v) is 10.6. The Hall–Kier alpha value is -1.95. The molecular formula is C23H31O6+.